The first-order chi connectivity index (χ1) is 15.6. The van der Waals surface area contributed by atoms with Gasteiger partial charge in [-0.15, -0.1) is 11.8 Å². The zero-order valence-electron chi connectivity index (χ0n) is 17.2. The van der Waals surface area contributed by atoms with Gasteiger partial charge in [-0.05, 0) is 42.2 Å². The molecule has 1 aliphatic rings. The number of aromatic nitrogens is 1. The number of nitrogens with zero attached hydrogens (tertiary/aromatic N) is 3. The zero-order chi connectivity index (χ0) is 23.8. The number of hydrogen-bond donors (Lipinski definition) is 0. The van der Waals surface area contributed by atoms with E-state index in [-0.39, 0.29) is 10.7 Å². The van der Waals surface area contributed by atoms with E-state index in [0.717, 1.165) is 21.0 Å². The van der Waals surface area contributed by atoms with E-state index in [0.29, 0.717) is 5.69 Å². The van der Waals surface area contributed by atoms with Crippen molar-refractivity contribution < 1.29 is 22.0 Å². The molecule has 0 fully saturated rings. The van der Waals surface area contributed by atoms with Crippen molar-refractivity contribution in [2.24, 2.45) is 5.10 Å². The summed E-state index contributed by atoms with van der Waals surface area (Å²) in [4.78, 5) is 5.45. The maximum atomic E-state index is 14.1. The molecule has 33 heavy (non-hydrogen) atoms. The topological polar surface area (TPSA) is 28.5 Å². The Morgan fingerprint density at radius 3 is 2.36 bits per heavy atom. The molecule has 172 valence electrons. The van der Waals surface area contributed by atoms with Gasteiger partial charge in [0, 0.05) is 23.1 Å². The molecule has 1 unspecified atom stereocenters. The smallest absolute Gasteiger partial charge is 0.258 e. The number of halogens is 6. The molecule has 0 spiro atoms. The van der Waals surface area contributed by atoms with E-state index in [2.05, 4.69) is 10.1 Å². The highest BCUT2D eigenvalue weighted by Gasteiger charge is 2.63. The highest BCUT2D eigenvalue weighted by atomic mass is 35.5. The number of anilines is 1. The first kappa shape index (κ1) is 23.5. The lowest BCUT2D eigenvalue weighted by molar-refractivity contribution is -0.249. The largest absolute Gasteiger partial charge is 0.459 e. The Kier molecular flexibility index (Phi) is 6.37. The van der Waals surface area contributed by atoms with Gasteiger partial charge < -0.3 is 0 Å². The van der Waals surface area contributed by atoms with Crippen LogP contribution in [0.5, 0.6) is 0 Å². The molecule has 0 saturated heterocycles. The van der Waals surface area contributed by atoms with Crippen molar-refractivity contribution in [2.45, 2.75) is 29.5 Å². The monoisotopic (exact) mass is 497 g/mol. The molecule has 3 aromatic rings. The molecule has 0 N–H and O–H groups in total. The summed E-state index contributed by atoms with van der Waals surface area (Å²) < 4.78 is 67.4. The van der Waals surface area contributed by atoms with E-state index >= 15 is 0 Å². The van der Waals surface area contributed by atoms with Crippen LogP contribution in [0, 0.1) is 0 Å². The number of pyridine rings is 1. The fraction of sp³-hybridized carbons (Fsp3) is 0.217. The van der Waals surface area contributed by atoms with Crippen LogP contribution in [0.4, 0.5) is 27.6 Å². The molecule has 10 heteroatoms. The summed E-state index contributed by atoms with van der Waals surface area (Å²) in [5.41, 5.74) is 0.945. The summed E-state index contributed by atoms with van der Waals surface area (Å²) in [6.07, 6.45) is -2.88. The standard InChI is InChI=1S/C23H17ClF5N3S/c1-33-16-6-4-5-14(11-16)15-9-10-18(30-13-15)20-12-21(22(25,26)23(27,28)29)31-32(20)19-8-3-2-7-17(19)24/h2-11,13,20H,12H2,1H3. The summed E-state index contributed by atoms with van der Waals surface area (Å²) in [5, 5.41) is 4.94. The van der Waals surface area contributed by atoms with Crippen LogP contribution in [-0.2, 0) is 0 Å². The van der Waals surface area contributed by atoms with Gasteiger partial charge >= 0.3 is 12.1 Å². The molecule has 0 amide bonds. The maximum absolute atomic E-state index is 14.1. The van der Waals surface area contributed by atoms with Gasteiger partial charge in [0.15, 0.2) is 0 Å². The molecule has 2 aromatic carbocycles. The highest BCUT2D eigenvalue weighted by Crippen LogP contribution is 2.45. The molecule has 2 heterocycles. The molecule has 4 rings (SSSR count). The number of alkyl halides is 5. The fourth-order valence-electron chi connectivity index (χ4n) is 3.53. The number of hydrogen-bond acceptors (Lipinski definition) is 4. The van der Waals surface area contributed by atoms with Gasteiger partial charge in [-0.25, -0.2) is 0 Å². The van der Waals surface area contributed by atoms with Crippen LogP contribution in [0.25, 0.3) is 11.1 Å². The van der Waals surface area contributed by atoms with Crippen LogP contribution in [0.15, 0.2) is 76.9 Å². The average molecular weight is 498 g/mol. The number of rotatable bonds is 5. The van der Waals surface area contributed by atoms with Crippen molar-refractivity contribution in [3.8, 4) is 11.1 Å². The third-order valence-corrected chi connectivity index (χ3v) is 6.30. The third kappa shape index (κ3) is 4.56. The Morgan fingerprint density at radius 1 is 0.970 bits per heavy atom. The van der Waals surface area contributed by atoms with E-state index in [9.17, 15) is 22.0 Å². The lowest BCUT2D eigenvalue weighted by Gasteiger charge is -2.24. The van der Waals surface area contributed by atoms with Gasteiger partial charge in [-0.3, -0.25) is 9.99 Å². The van der Waals surface area contributed by atoms with Crippen LogP contribution < -0.4 is 5.01 Å². The van der Waals surface area contributed by atoms with Crippen LogP contribution >= 0.6 is 23.4 Å². The van der Waals surface area contributed by atoms with Gasteiger partial charge in [-0.1, -0.05) is 41.9 Å². The van der Waals surface area contributed by atoms with Crippen molar-refractivity contribution in [2.75, 3.05) is 11.3 Å². The molecule has 0 saturated carbocycles. The van der Waals surface area contributed by atoms with Crippen LogP contribution in [0.3, 0.4) is 0 Å². The minimum absolute atomic E-state index is 0.174. The molecule has 1 aromatic heterocycles. The molecule has 1 aliphatic heterocycles. The number of thioether (sulfide) groups is 1. The molecular formula is C23H17ClF5N3S. The Morgan fingerprint density at radius 2 is 1.73 bits per heavy atom. The van der Waals surface area contributed by atoms with Gasteiger partial charge in [0.25, 0.3) is 0 Å². The number of hydrazone groups is 1. The second kappa shape index (κ2) is 8.95. The average Bonchev–Trinajstić information content (AvgIpc) is 3.25. The SMILES string of the molecule is CSc1cccc(-c2ccc(C3CC(C(F)(F)C(F)(F)F)=NN3c3ccccc3Cl)nc2)c1. The van der Waals surface area contributed by atoms with Gasteiger partial charge in [0.1, 0.15) is 11.8 Å². The van der Waals surface area contributed by atoms with E-state index in [4.69, 9.17) is 11.6 Å². The number of benzene rings is 2. The molecule has 0 aliphatic carbocycles. The molecular weight excluding hydrogens is 481 g/mol. The van der Waals surface area contributed by atoms with Crippen LogP contribution in [0.1, 0.15) is 18.2 Å². The lowest BCUT2D eigenvalue weighted by atomic mass is 10.0. The Balaban J connectivity index is 1.71. The van der Waals surface area contributed by atoms with Crippen molar-refractivity contribution in [1.29, 1.82) is 0 Å². The second-order valence-corrected chi connectivity index (χ2v) is 8.63. The predicted octanol–water partition coefficient (Wildman–Crippen LogP) is 7.63. The first-order valence-electron chi connectivity index (χ1n) is 9.78. The Labute approximate surface area is 196 Å². The van der Waals surface area contributed by atoms with Crippen molar-refractivity contribution in [3.05, 3.63) is 77.6 Å². The van der Waals surface area contributed by atoms with Crippen LogP contribution in [0.2, 0.25) is 5.02 Å². The quantitative estimate of drug-likeness (QED) is 0.268. The zero-order valence-corrected chi connectivity index (χ0v) is 18.7. The maximum Gasteiger partial charge on any atom is 0.459 e. The van der Waals surface area contributed by atoms with E-state index in [1.54, 1.807) is 42.2 Å². The minimum Gasteiger partial charge on any atom is -0.258 e. The van der Waals surface area contributed by atoms with E-state index < -0.39 is 30.3 Å². The third-order valence-electron chi connectivity index (χ3n) is 5.26. The molecule has 0 radical (unpaired) electrons. The van der Waals surface area contributed by atoms with Crippen LogP contribution in [-0.4, -0.2) is 29.1 Å². The van der Waals surface area contributed by atoms with Gasteiger partial charge in [0.05, 0.1) is 16.4 Å². The fourth-order valence-corrected chi connectivity index (χ4v) is 4.21. The highest BCUT2D eigenvalue weighted by molar-refractivity contribution is 7.98. The van der Waals surface area contributed by atoms with Crippen molar-refractivity contribution >= 4 is 34.8 Å². The number of para-hydroxylation sites is 1. The predicted molar refractivity (Wildman–Crippen MR) is 121 cm³/mol. The molecule has 3 nitrogen and oxygen atoms in total. The van der Waals surface area contributed by atoms with Crippen molar-refractivity contribution in [3.63, 3.8) is 0 Å². The second-order valence-electron chi connectivity index (χ2n) is 7.34. The minimum atomic E-state index is -5.76. The molecule has 1 atom stereocenters. The van der Waals surface area contributed by atoms with E-state index in [1.807, 2.05) is 30.5 Å². The van der Waals surface area contributed by atoms with Crippen molar-refractivity contribution in [1.82, 2.24) is 4.98 Å². The first-order valence-corrected chi connectivity index (χ1v) is 11.4. The normalized spacial score (nSPS) is 16.8. The Hall–Kier alpha value is -2.65. The lowest BCUT2D eigenvalue weighted by Crippen LogP contribution is -2.43. The summed E-state index contributed by atoms with van der Waals surface area (Å²) in [7, 11) is 0. The van der Waals surface area contributed by atoms with E-state index in [1.165, 1.54) is 12.1 Å². The summed E-state index contributed by atoms with van der Waals surface area (Å²) >= 11 is 7.79. The van der Waals surface area contributed by atoms with Gasteiger partial charge in [-0.2, -0.15) is 27.1 Å². The summed E-state index contributed by atoms with van der Waals surface area (Å²) in [6.45, 7) is 0. The summed E-state index contributed by atoms with van der Waals surface area (Å²) in [6, 6.07) is 16.4. The Bertz CT molecular complexity index is 1180. The van der Waals surface area contributed by atoms with Gasteiger partial charge in [0.2, 0.25) is 0 Å². The molecule has 0 bridgehead atoms. The summed E-state index contributed by atoms with van der Waals surface area (Å²) in [5.74, 6) is -5.07.